The fourth-order valence-corrected chi connectivity index (χ4v) is 3.81. The molecule has 0 saturated heterocycles. The molecule has 26 heavy (non-hydrogen) atoms. The van der Waals surface area contributed by atoms with Gasteiger partial charge in [-0.25, -0.2) is 8.42 Å². The van der Waals surface area contributed by atoms with Crippen LogP contribution in [0.15, 0.2) is 53.4 Å². The van der Waals surface area contributed by atoms with E-state index in [9.17, 15) is 13.2 Å². The normalized spacial score (nSPS) is 12.8. The van der Waals surface area contributed by atoms with Gasteiger partial charge in [-0.15, -0.1) is 0 Å². The Hall–Kier alpha value is -1.89. The first-order chi connectivity index (χ1) is 12.2. The molecule has 0 spiro atoms. The topological polar surface area (TPSA) is 72.5 Å². The number of esters is 1. The lowest BCUT2D eigenvalue weighted by Crippen LogP contribution is -2.45. The van der Waals surface area contributed by atoms with E-state index in [1.54, 1.807) is 13.8 Å². The quantitative estimate of drug-likeness (QED) is 0.725. The number of halogens is 1. The van der Waals surface area contributed by atoms with Crippen LogP contribution in [-0.2, 0) is 26.2 Å². The highest BCUT2D eigenvalue weighted by Gasteiger charge is 2.29. The van der Waals surface area contributed by atoms with Crippen molar-refractivity contribution in [1.82, 2.24) is 4.72 Å². The molecule has 0 aliphatic rings. The lowest BCUT2D eigenvalue weighted by Gasteiger charge is -2.21. The van der Waals surface area contributed by atoms with Crippen molar-refractivity contribution in [1.29, 1.82) is 0 Å². The molecule has 5 nitrogen and oxygen atoms in total. The number of carbonyl (C=O) groups is 1. The second-order valence-electron chi connectivity index (χ2n) is 6.39. The molecule has 1 N–H and O–H groups in total. The van der Waals surface area contributed by atoms with Gasteiger partial charge in [0.2, 0.25) is 10.0 Å². The second kappa shape index (κ2) is 8.66. The molecular weight excluding hydrogens is 374 g/mol. The smallest absolute Gasteiger partial charge is 0.324 e. The molecule has 0 aliphatic carbocycles. The van der Waals surface area contributed by atoms with Crippen LogP contribution in [0.2, 0.25) is 5.02 Å². The monoisotopic (exact) mass is 395 g/mol. The third kappa shape index (κ3) is 5.56. The number of carbonyl (C=O) groups excluding carboxylic acids is 1. The summed E-state index contributed by atoms with van der Waals surface area (Å²) in [6.45, 7) is 5.54. The van der Waals surface area contributed by atoms with E-state index in [1.165, 1.54) is 24.3 Å². The highest BCUT2D eigenvalue weighted by Crippen LogP contribution is 2.16. The Balaban J connectivity index is 2.09. The average molecular weight is 396 g/mol. The van der Waals surface area contributed by atoms with Gasteiger partial charge in [-0.2, -0.15) is 4.72 Å². The van der Waals surface area contributed by atoms with E-state index in [4.69, 9.17) is 16.3 Å². The van der Waals surface area contributed by atoms with E-state index in [-0.39, 0.29) is 17.4 Å². The number of benzene rings is 2. The van der Waals surface area contributed by atoms with Crippen molar-refractivity contribution in [2.75, 3.05) is 0 Å². The first kappa shape index (κ1) is 20.4. The number of rotatable bonds is 7. The summed E-state index contributed by atoms with van der Waals surface area (Å²) in [6, 6.07) is 12.3. The zero-order valence-corrected chi connectivity index (χ0v) is 16.5. The fraction of sp³-hybridized carbons (Fsp3) is 0.316. The summed E-state index contributed by atoms with van der Waals surface area (Å²) in [7, 11) is -3.87. The van der Waals surface area contributed by atoms with Gasteiger partial charge in [-0.05, 0) is 42.7 Å². The Morgan fingerprint density at radius 3 is 2.38 bits per heavy atom. The molecule has 0 unspecified atom stereocenters. The summed E-state index contributed by atoms with van der Waals surface area (Å²) in [5.41, 5.74) is 1.91. The minimum Gasteiger partial charge on any atom is -0.460 e. The molecule has 0 radical (unpaired) electrons. The van der Waals surface area contributed by atoms with Gasteiger partial charge in [-0.3, -0.25) is 4.79 Å². The molecule has 1 atom stereocenters. The van der Waals surface area contributed by atoms with Crippen LogP contribution in [0.5, 0.6) is 0 Å². The molecular formula is C19H22ClNO4S. The number of hydrogen-bond donors (Lipinski definition) is 1. The third-order valence-corrected chi connectivity index (χ3v) is 5.50. The summed E-state index contributed by atoms with van der Waals surface area (Å²) >= 11 is 5.79. The average Bonchev–Trinajstić information content (AvgIpc) is 2.58. The van der Waals surface area contributed by atoms with E-state index < -0.39 is 22.0 Å². The lowest BCUT2D eigenvalue weighted by molar-refractivity contribution is -0.148. The molecule has 2 aromatic rings. The van der Waals surface area contributed by atoms with E-state index in [0.717, 1.165) is 11.1 Å². The SMILES string of the molecule is Cc1cccc(COC(=O)[C@H](NS(=O)(=O)c2ccc(Cl)cc2)C(C)C)c1. The zero-order valence-electron chi connectivity index (χ0n) is 14.9. The van der Waals surface area contributed by atoms with Crippen molar-refractivity contribution in [2.45, 2.75) is 38.3 Å². The fourth-order valence-electron chi connectivity index (χ4n) is 2.35. The predicted molar refractivity (Wildman–Crippen MR) is 101 cm³/mol. The predicted octanol–water partition coefficient (Wildman–Crippen LogP) is 3.69. The summed E-state index contributed by atoms with van der Waals surface area (Å²) in [5, 5.41) is 0.432. The molecule has 7 heteroatoms. The van der Waals surface area contributed by atoms with Crippen molar-refractivity contribution in [3.63, 3.8) is 0 Å². The van der Waals surface area contributed by atoms with Crippen molar-refractivity contribution in [3.05, 3.63) is 64.7 Å². The Morgan fingerprint density at radius 1 is 1.15 bits per heavy atom. The maximum Gasteiger partial charge on any atom is 0.324 e. The minimum absolute atomic E-state index is 0.0408. The molecule has 0 amide bonds. The van der Waals surface area contributed by atoms with Gasteiger partial charge < -0.3 is 4.74 Å². The van der Waals surface area contributed by atoms with Gasteiger partial charge in [0, 0.05) is 5.02 Å². The van der Waals surface area contributed by atoms with Crippen LogP contribution in [0.4, 0.5) is 0 Å². The summed E-state index contributed by atoms with van der Waals surface area (Å²) < 4.78 is 32.8. The first-order valence-electron chi connectivity index (χ1n) is 8.19. The van der Waals surface area contributed by atoms with Crippen LogP contribution in [0.25, 0.3) is 0 Å². The van der Waals surface area contributed by atoms with Crippen LogP contribution in [0.3, 0.4) is 0 Å². The second-order valence-corrected chi connectivity index (χ2v) is 8.54. The largest absolute Gasteiger partial charge is 0.460 e. The number of ether oxygens (including phenoxy) is 1. The summed E-state index contributed by atoms with van der Waals surface area (Å²) in [4.78, 5) is 12.5. The molecule has 2 rings (SSSR count). The third-order valence-electron chi connectivity index (χ3n) is 3.79. The Bertz CT molecular complexity index is 863. The number of hydrogen-bond acceptors (Lipinski definition) is 4. The van der Waals surface area contributed by atoms with E-state index >= 15 is 0 Å². The van der Waals surface area contributed by atoms with Crippen LogP contribution < -0.4 is 4.72 Å². The summed E-state index contributed by atoms with van der Waals surface area (Å²) in [6.07, 6.45) is 0. The molecule has 0 heterocycles. The number of nitrogens with one attached hydrogen (secondary N) is 1. The highest BCUT2D eigenvalue weighted by atomic mass is 35.5. The molecule has 0 aliphatic heterocycles. The van der Waals surface area contributed by atoms with Gasteiger partial charge >= 0.3 is 5.97 Å². The number of sulfonamides is 1. The Labute approximate surface area is 159 Å². The van der Waals surface area contributed by atoms with Gasteiger partial charge in [0.25, 0.3) is 0 Å². The van der Waals surface area contributed by atoms with Gasteiger partial charge in [0.05, 0.1) is 4.90 Å². The van der Waals surface area contributed by atoms with Crippen LogP contribution >= 0.6 is 11.6 Å². The maximum absolute atomic E-state index is 12.5. The van der Waals surface area contributed by atoms with Gasteiger partial charge in [-0.1, -0.05) is 55.3 Å². The van der Waals surface area contributed by atoms with E-state index in [2.05, 4.69) is 4.72 Å². The highest BCUT2D eigenvalue weighted by molar-refractivity contribution is 7.89. The Morgan fingerprint density at radius 2 is 1.81 bits per heavy atom. The van der Waals surface area contributed by atoms with Crippen molar-refractivity contribution in [3.8, 4) is 0 Å². The number of aryl methyl sites for hydroxylation is 1. The zero-order chi connectivity index (χ0) is 19.3. The summed E-state index contributed by atoms with van der Waals surface area (Å²) in [5.74, 6) is -0.888. The minimum atomic E-state index is -3.87. The van der Waals surface area contributed by atoms with Crippen LogP contribution in [0.1, 0.15) is 25.0 Å². The molecule has 140 valence electrons. The Kier molecular flexibility index (Phi) is 6.81. The van der Waals surface area contributed by atoms with Gasteiger partial charge in [0.1, 0.15) is 12.6 Å². The van der Waals surface area contributed by atoms with Gasteiger partial charge in [0.15, 0.2) is 0 Å². The van der Waals surface area contributed by atoms with Crippen LogP contribution in [-0.4, -0.2) is 20.4 Å². The maximum atomic E-state index is 12.5. The van der Waals surface area contributed by atoms with E-state index in [0.29, 0.717) is 5.02 Å². The molecule has 2 aromatic carbocycles. The molecule has 0 saturated carbocycles. The molecule has 0 bridgehead atoms. The molecule has 0 fully saturated rings. The van der Waals surface area contributed by atoms with Crippen LogP contribution in [0, 0.1) is 12.8 Å². The van der Waals surface area contributed by atoms with Crippen molar-refractivity contribution < 1.29 is 17.9 Å². The van der Waals surface area contributed by atoms with Crippen molar-refractivity contribution >= 4 is 27.6 Å². The van der Waals surface area contributed by atoms with E-state index in [1.807, 2.05) is 31.2 Å². The van der Waals surface area contributed by atoms with Crippen molar-refractivity contribution in [2.24, 2.45) is 5.92 Å². The lowest BCUT2D eigenvalue weighted by atomic mass is 10.1. The standard InChI is InChI=1S/C19H22ClNO4S/c1-13(2)18(19(22)25-12-15-6-4-5-14(3)11-15)21-26(23,24)17-9-7-16(20)8-10-17/h4-11,13,18,21H,12H2,1-3H3/t18-/m1/s1. The molecule has 0 aromatic heterocycles. The first-order valence-corrected chi connectivity index (χ1v) is 10.1.